The largest absolute Gasteiger partial charge is 0.437 e. The molecule has 0 radical (unpaired) electrons. The van der Waals surface area contributed by atoms with Gasteiger partial charge in [-0.1, -0.05) is 23.7 Å². The number of carbonyl (C=O) groups is 1. The molecular weight excluding hydrogens is 493 g/mol. The van der Waals surface area contributed by atoms with Gasteiger partial charge in [0.1, 0.15) is 0 Å². The molecule has 1 atom stereocenters. The number of ether oxygens (including phenoxy) is 1. The molecule has 0 aromatic heterocycles. The Morgan fingerprint density at radius 1 is 1.11 bits per heavy atom. The first-order valence-corrected chi connectivity index (χ1v) is 13.2. The first-order valence-electron chi connectivity index (χ1n) is 12.8. The highest BCUT2D eigenvalue weighted by atomic mass is 35.5. The fraction of sp³-hybridized carbons (Fsp3) is 0.731. The number of benzene rings is 1. The van der Waals surface area contributed by atoms with Crippen molar-refractivity contribution in [3.05, 3.63) is 28.8 Å². The molecule has 3 aliphatic rings. The van der Waals surface area contributed by atoms with Gasteiger partial charge in [0, 0.05) is 57.9 Å². The number of hydrogen-bond donors (Lipinski definition) is 0. The molecule has 36 heavy (non-hydrogen) atoms. The Hall–Kier alpha value is -1.71. The fourth-order valence-corrected chi connectivity index (χ4v) is 6.36. The van der Waals surface area contributed by atoms with Gasteiger partial charge in [0.15, 0.2) is 6.10 Å². The highest BCUT2D eigenvalue weighted by molar-refractivity contribution is 6.33. The molecule has 1 amide bonds. The summed E-state index contributed by atoms with van der Waals surface area (Å²) < 4.78 is 43.1. The molecule has 0 aliphatic carbocycles. The SMILES string of the molecule is CC(OC(=O)N1CCC2(CC1)CN(Cc1cccc(Cl)c1N1CCN(C)CC1)C(C)(C)C2)C(F)(F)F. The number of likely N-dealkylation sites (tertiary alicyclic amines) is 2. The Morgan fingerprint density at radius 2 is 1.75 bits per heavy atom. The molecule has 4 rings (SSSR count). The Labute approximate surface area is 217 Å². The van der Waals surface area contributed by atoms with Crippen LogP contribution in [0.3, 0.4) is 0 Å². The number of amides is 1. The monoisotopic (exact) mass is 530 g/mol. The second-order valence-corrected chi connectivity index (χ2v) is 11.8. The molecule has 1 unspecified atom stereocenters. The Balaban J connectivity index is 1.42. The van der Waals surface area contributed by atoms with Gasteiger partial charge < -0.3 is 19.4 Å². The number of para-hydroxylation sites is 1. The lowest BCUT2D eigenvalue weighted by atomic mass is 9.74. The van der Waals surface area contributed by atoms with E-state index in [2.05, 4.69) is 46.4 Å². The molecule has 202 valence electrons. The van der Waals surface area contributed by atoms with Gasteiger partial charge in [-0.05, 0) is 64.1 Å². The van der Waals surface area contributed by atoms with Crippen molar-refractivity contribution in [1.29, 1.82) is 0 Å². The van der Waals surface area contributed by atoms with E-state index in [0.717, 1.165) is 76.2 Å². The highest BCUT2D eigenvalue weighted by Crippen LogP contribution is 2.49. The second-order valence-electron chi connectivity index (χ2n) is 11.4. The van der Waals surface area contributed by atoms with Gasteiger partial charge in [-0.25, -0.2) is 4.79 Å². The molecule has 6 nitrogen and oxygen atoms in total. The minimum Gasteiger partial charge on any atom is -0.437 e. The van der Waals surface area contributed by atoms with Crippen molar-refractivity contribution in [2.24, 2.45) is 5.41 Å². The van der Waals surface area contributed by atoms with Gasteiger partial charge >= 0.3 is 12.3 Å². The van der Waals surface area contributed by atoms with Gasteiger partial charge in [0.2, 0.25) is 0 Å². The van der Waals surface area contributed by atoms with Crippen LogP contribution >= 0.6 is 11.6 Å². The summed E-state index contributed by atoms with van der Waals surface area (Å²) in [7, 11) is 2.14. The molecule has 3 saturated heterocycles. The summed E-state index contributed by atoms with van der Waals surface area (Å²) in [4.78, 5) is 21.0. The first kappa shape index (κ1) is 27.3. The Morgan fingerprint density at radius 3 is 2.36 bits per heavy atom. The van der Waals surface area contributed by atoms with Crippen molar-refractivity contribution < 1.29 is 22.7 Å². The van der Waals surface area contributed by atoms with E-state index >= 15 is 0 Å². The number of likely N-dealkylation sites (N-methyl/N-ethyl adjacent to an activating group) is 1. The fourth-order valence-electron chi connectivity index (χ4n) is 6.04. The van der Waals surface area contributed by atoms with E-state index in [0.29, 0.717) is 13.1 Å². The number of piperidine rings is 1. The highest BCUT2D eigenvalue weighted by Gasteiger charge is 2.50. The quantitative estimate of drug-likeness (QED) is 0.532. The van der Waals surface area contributed by atoms with Crippen LogP contribution in [-0.4, -0.2) is 91.5 Å². The van der Waals surface area contributed by atoms with Crippen LogP contribution in [0.1, 0.15) is 45.6 Å². The number of nitrogens with zero attached hydrogens (tertiary/aromatic N) is 4. The lowest BCUT2D eigenvalue weighted by Gasteiger charge is -2.39. The van der Waals surface area contributed by atoms with Crippen LogP contribution in [0.2, 0.25) is 5.02 Å². The van der Waals surface area contributed by atoms with Crippen molar-refractivity contribution in [2.75, 3.05) is 57.8 Å². The van der Waals surface area contributed by atoms with Gasteiger partial charge in [-0.15, -0.1) is 0 Å². The minimum atomic E-state index is -4.55. The van der Waals surface area contributed by atoms with Gasteiger partial charge in [-0.3, -0.25) is 4.90 Å². The molecule has 10 heteroatoms. The Kier molecular flexibility index (Phi) is 7.75. The maximum Gasteiger partial charge on any atom is 0.425 e. The van der Waals surface area contributed by atoms with E-state index in [1.54, 1.807) is 0 Å². The molecule has 1 aromatic carbocycles. The molecule has 3 aliphatic heterocycles. The standard InChI is InChI=1S/C26H38ClF3N4O2/c1-19(26(28,29)30)36-23(35)33-10-8-25(9-11-33)17-24(2,3)34(18-25)16-20-6-5-7-21(27)22(20)32-14-12-31(4)13-15-32/h5-7,19H,8-18H2,1-4H3. The number of anilines is 1. The third kappa shape index (κ3) is 5.89. The average Bonchev–Trinajstić information content (AvgIpc) is 3.03. The molecule has 1 spiro atoms. The van der Waals surface area contributed by atoms with E-state index < -0.39 is 18.4 Å². The van der Waals surface area contributed by atoms with E-state index in [4.69, 9.17) is 11.6 Å². The van der Waals surface area contributed by atoms with Gasteiger partial charge in [-0.2, -0.15) is 13.2 Å². The lowest BCUT2D eigenvalue weighted by molar-refractivity contribution is -0.200. The summed E-state index contributed by atoms with van der Waals surface area (Å²) in [6.45, 7) is 11.8. The van der Waals surface area contributed by atoms with Gasteiger partial charge in [0.25, 0.3) is 0 Å². The van der Waals surface area contributed by atoms with E-state index in [1.807, 2.05) is 12.1 Å². The summed E-state index contributed by atoms with van der Waals surface area (Å²) in [5, 5.41) is 0.781. The molecule has 0 bridgehead atoms. The average molecular weight is 531 g/mol. The van der Waals surface area contributed by atoms with Crippen LogP contribution in [0.4, 0.5) is 23.7 Å². The maximum absolute atomic E-state index is 12.8. The van der Waals surface area contributed by atoms with Crippen LogP contribution in [0.5, 0.6) is 0 Å². The molecule has 0 N–H and O–H groups in total. The summed E-state index contributed by atoms with van der Waals surface area (Å²) in [6.07, 6.45) is -5.04. The van der Waals surface area contributed by atoms with Crippen LogP contribution in [-0.2, 0) is 11.3 Å². The zero-order chi connectivity index (χ0) is 26.3. The van der Waals surface area contributed by atoms with Gasteiger partial charge in [0.05, 0.1) is 10.7 Å². The van der Waals surface area contributed by atoms with Crippen molar-refractivity contribution in [3.8, 4) is 0 Å². The lowest BCUT2D eigenvalue weighted by Crippen LogP contribution is -2.46. The van der Waals surface area contributed by atoms with Crippen molar-refractivity contribution in [3.63, 3.8) is 0 Å². The zero-order valence-corrected chi connectivity index (χ0v) is 22.5. The first-order chi connectivity index (χ1) is 16.8. The number of halogens is 4. The summed E-state index contributed by atoms with van der Waals surface area (Å²) in [5.74, 6) is 0. The van der Waals surface area contributed by atoms with Crippen LogP contribution < -0.4 is 4.90 Å². The van der Waals surface area contributed by atoms with E-state index in [9.17, 15) is 18.0 Å². The predicted octanol–water partition coefficient (Wildman–Crippen LogP) is 5.25. The maximum atomic E-state index is 12.8. The van der Waals surface area contributed by atoms with Crippen LogP contribution in [0.15, 0.2) is 18.2 Å². The Bertz CT molecular complexity index is 942. The van der Waals surface area contributed by atoms with E-state index in [-0.39, 0.29) is 11.0 Å². The minimum absolute atomic E-state index is 0.0303. The summed E-state index contributed by atoms with van der Waals surface area (Å²) in [5.41, 5.74) is 2.33. The molecule has 3 fully saturated rings. The summed E-state index contributed by atoms with van der Waals surface area (Å²) in [6, 6.07) is 6.15. The molecule has 1 aromatic rings. The third-order valence-electron chi connectivity index (χ3n) is 8.26. The number of rotatable bonds is 4. The molecule has 0 saturated carbocycles. The molecular formula is C26H38ClF3N4O2. The topological polar surface area (TPSA) is 39.3 Å². The second kappa shape index (κ2) is 10.2. The number of alkyl halides is 3. The van der Waals surface area contributed by atoms with Crippen LogP contribution in [0, 0.1) is 5.41 Å². The zero-order valence-electron chi connectivity index (χ0n) is 21.7. The number of carbonyl (C=O) groups excluding carboxylic acids is 1. The van der Waals surface area contributed by atoms with E-state index in [1.165, 1.54) is 10.5 Å². The smallest absolute Gasteiger partial charge is 0.425 e. The summed E-state index contributed by atoms with van der Waals surface area (Å²) >= 11 is 6.71. The van der Waals surface area contributed by atoms with Crippen molar-refractivity contribution in [1.82, 2.24) is 14.7 Å². The van der Waals surface area contributed by atoms with Crippen molar-refractivity contribution in [2.45, 2.75) is 64.4 Å². The number of piperazine rings is 1. The normalized spacial score (nSPS) is 23.8. The van der Waals surface area contributed by atoms with Crippen LogP contribution in [0.25, 0.3) is 0 Å². The number of hydrogen-bond acceptors (Lipinski definition) is 5. The predicted molar refractivity (Wildman–Crippen MR) is 136 cm³/mol. The third-order valence-corrected chi connectivity index (χ3v) is 8.57. The van der Waals surface area contributed by atoms with Crippen molar-refractivity contribution >= 4 is 23.4 Å². The molecule has 3 heterocycles.